The molecule has 0 aliphatic carbocycles. The van der Waals surface area contributed by atoms with Crippen LogP contribution in [0.1, 0.15) is 12.5 Å². The van der Waals surface area contributed by atoms with Crippen molar-refractivity contribution in [1.29, 1.82) is 0 Å². The van der Waals surface area contributed by atoms with Gasteiger partial charge in [0, 0.05) is 17.8 Å². The van der Waals surface area contributed by atoms with Crippen molar-refractivity contribution in [2.24, 2.45) is 0 Å². The largest absolute Gasteiger partial charge is 0.493 e. The number of amides is 1. The van der Waals surface area contributed by atoms with Crippen molar-refractivity contribution in [3.8, 4) is 22.9 Å². The van der Waals surface area contributed by atoms with Crippen LogP contribution in [-0.4, -0.2) is 40.6 Å². The normalized spacial score (nSPS) is 10.6. The molecule has 0 fully saturated rings. The van der Waals surface area contributed by atoms with Gasteiger partial charge < -0.3 is 19.4 Å². The summed E-state index contributed by atoms with van der Waals surface area (Å²) in [6.07, 6.45) is 0. The van der Waals surface area contributed by atoms with Crippen LogP contribution >= 0.6 is 11.8 Å². The Morgan fingerprint density at radius 1 is 1.07 bits per heavy atom. The maximum atomic E-state index is 12.3. The first kappa shape index (κ1) is 20.7. The number of benzene rings is 2. The average Bonchev–Trinajstić information content (AvgIpc) is 3.16. The Bertz CT molecular complexity index is 986. The molecular weight excluding hydrogens is 388 g/mol. The third-order valence-electron chi connectivity index (χ3n) is 4.34. The van der Waals surface area contributed by atoms with Crippen LogP contribution in [0.15, 0.2) is 47.6 Å². The molecule has 0 radical (unpaired) electrons. The minimum atomic E-state index is -0.0860. The number of rotatable bonds is 8. The van der Waals surface area contributed by atoms with E-state index in [1.807, 2.05) is 60.9 Å². The average molecular weight is 413 g/mol. The molecule has 0 atom stereocenters. The molecule has 1 N–H and O–H groups in total. The van der Waals surface area contributed by atoms with Crippen molar-refractivity contribution in [3.05, 3.63) is 48.0 Å². The summed E-state index contributed by atoms with van der Waals surface area (Å²) in [6, 6.07) is 13.3. The first-order valence-electron chi connectivity index (χ1n) is 9.20. The number of carbonyl (C=O) groups is 1. The molecule has 1 heterocycles. The molecule has 3 rings (SSSR count). The number of aromatic nitrogens is 3. The lowest BCUT2D eigenvalue weighted by atomic mass is 10.2. The van der Waals surface area contributed by atoms with E-state index in [0.717, 1.165) is 22.6 Å². The van der Waals surface area contributed by atoms with E-state index in [4.69, 9.17) is 9.47 Å². The highest BCUT2D eigenvalue weighted by molar-refractivity contribution is 7.99. The lowest BCUT2D eigenvalue weighted by Crippen LogP contribution is -2.14. The second kappa shape index (κ2) is 9.47. The minimum Gasteiger partial charge on any atom is -0.493 e. The minimum absolute atomic E-state index is 0.0860. The van der Waals surface area contributed by atoms with Gasteiger partial charge in [0.1, 0.15) is 0 Å². The third-order valence-corrected chi connectivity index (χ3v) is 5.31. The molecule has 0 spiro atoms. The monoisotopic (exact) mass is 412 g/mol. The quantitative estimate of drug-likeness (QED) is 0.563. The maximum absolute atomic E-state index is 12.3. The van der Waals surface area contributed by atoms with Crippen LogP contribution in [0, 0.1) is 6.92 Å². The van der Waals surface area contributed by atoms with Gasteiger partial charge in [0.2, 0.25) is 5.91 Å². The Morgan fingerprint density at radius 2 is 1.79 bits per heavy atom. The molecule has 0 aliphatic heterocycles. The molecule has 0 bridgehead atoms. The number of hydrogen-bond acceptors (Lipinski definition) is 6. The van der Waals surface area contributed by atoms with Crippen LogP contribution in [-0.2, 0) is 11.3 Å². The molecule has 0 saturated heterocycles. The number of hydrogen-bond donors (Lipinski definition) is 1. The van der Waals surface area contributed by atoms with E-state index in [0.29, 0.717) is 23.2 Å². The van der Waals surface area contributed by atoms with Crippen molar-refractivity contribution in [1.82, 2.24) is 14.8 Å². The van der Waals surface area contributed by atoms with Crippen molar-refractivity contribution < 1.29 is 14.3 Å². The van der Waals surface area contributed by atoms with Gasteiger partial charge in [-0.05, 0) is 44.2 Å². The standard InChI is InChI=1S/C21H24N4O3S/c1-5-25-20(15-8-11-17(27-3)18(12-15)28-4)23-24-21(25)29-13-19(26)22-16-9-6-14(2)7-10-16/h6-12H,5,13H2,1-4H3,(H,22,26). The van der Waals surface area contributed by atoms with E-state index in [1.165, 1.54) is 11.8 Å². The van der Waals surface area contributed by atoms with Crippen molar-refractivity contribution in [2.75, 3.05) is 25.3 Å². The van der Waals surface area contributed by atoms with E-state index < -0.39 is 0 Å². The van der Waals surface area contributed by atoms with Gasteiger partial charge in [0.25, 0.3) is 0 Å². The summed E-state index contributed by atoms with van der Waals surface area (Å²) in [6.45, 7) is 4.71. The summed E-state index contributed by atoms with van der Waals surface area (Å²) in [5, 5.41) is 12.2. The predicted octanol–water partition coefficient (Wildman–Crippen LogP) is 4.02. The van der Waals surface area contributed by atoms with Gasteiger partial charge in [-0.25, -0.2) is 0 Å². The number of carbonyl (C=O) groups excluding carboxylic acids is 1. The van der Waals surface area contributed by atoms with Gasteiger partial charge in [-0.2, -0.15) is 0 Å². The molecular formula is C21H24N4O3S. The number of nitrogens with one attached hydrogen (secondary N) is 1. The number of nitrogens with zero attached hydrogens (tertiary/aromatic N) is 3. The Kier molecular flexibility index (Phi) is 6.77. The number of methoxy groups -OCH3 is 2. The van der Waals surface area contributed by atoms with E-state index in [9.17, 15) is 4.79 Å². The van der Waals surface area contributed by atoms with Crippen LogP contribution in [0.5, 0.6) is 11.5 Å². The maximum Gasteiger partial charge on any atom is 0.234 e. The van der Waals surface area contributed by atoms with E-state index in [2.05, 4.69) is 15.5 Å². The zero-order valence-corrected chi connectivity index (χ0v) is 17.7. The zero-order valence-electron chi connectivity index (χ0n) is 16.9. The summed E-state index contributed by atoms with van der Waals surface area (Å²) >= 11 is 1.36. The molecule has 1 amide bonds. The highest BCUT2D eigenvalue weighted by Crippen LogP contribution is 2.32. The molecule has 8 heteroatoms. The second-order valence-corrected chi connectivity index (χ2v) is 7.27. The lowest BCUT2D eigenvalue weighted by Gasteiger charge is -2.11. The molecule has 7 nitrogen and oxygen atoms in total. The number of thioether (sulfide) groups is 1. The fraction of sp³-hybridized carbons (Fsp3) is 0.286. The zero-order chi connectivity index (χ0) is 20.8. The molecule has 0 unspecified atom stereocenters. The van der Waals surface area contributed by atoms with Crippen LogP contribution in [0.2, 0.25) is 0 Å². The SMILES string of the molecule is CCn1c(SCC(=O)Nc2ccc(C)cc2)nnc1-c1ccc(OC)c(OC)c1. The fourth-order valence-electron chi connectivity index (χ4n) is 2.83. The van der Waals surface area contributed by atoms with Crippen molar-refractivity contribution in [3.63, 3.8) is 0 Å². The van der Waals surface area contributed by atoms with Crippen molar-refractivity contribution in [2.45, 2.75) is 25.5 Å². The van der Waals surface area contributed by atoms with Gasteiger partial charge in [-0.1, -0.05) is 29.5 Å². The molecule has 0 aliphatic rings. The van der Waals surface area contributed by atoms with Gasteiger partial charge in [0.05, 0.1) is 20.0 Å². The van der Waals surface area contributed by atoms with Crippen LogP contribution in [0.3, 0.4) is 0 Å². The van der Waals surface area contributed by atoms with Crippen LogP contribution < -0.4 is 14.8 Å². The van der Waals surface area contributed by atoms with Gasteiger partial charge in [-0.3, -0.25) is 4.79 Å². The Morgan fingerprint density at radius 3 is 2.45 bits per heavy atom. The number of aryl methyl sites for hydroxylation is 1. The third kappa shape index (κ3) is 4.89. The number of ether oxygens (including phenoxy) is 2. The molecule has 152 valence electrons. The van der Waals surface area contributed by atoms with Gasteiger partial charge >= 0.3 is 0 Å². The fourth-order valence-corrected chi connectivity index (χ4v) is 3.64. The highest BCUT2D eigenvalue weighted by Gasteiger charge is 2.16. The molecule has 3 aromatic rings. The summed E-state index contributed by atoms with van der Waals surface area (Å²) in [4.78, 5) is 12.3. The molecule has 0 saturated carbocycles. The molecule has 1 aromatic heterocycles. The first-order valence-corrected chi connectivity index (χ1v) is 10.2. The Hall–Kier alpha value is -3.00. The van der Waals surface area contributed by atoms with Crippen LogP contribution in [0.4, 0.5) is 5.69 Å². The lowest BCUT2D eigenvalue weighted by molar-refractivity contribution is -0.113. The van der Waals surface area contributed by atoms with E-state index >= 15 is 0 Å². The topological polar surface area (TPSA) is 78.3 Å². The Labute approximate surface area is 174 Å². The summed E-state index contributed by atoms with van der Waals surface area (Å²) in [5.74, 6) is 2.16. The summed E-state index contributed by atoms with van der Waals surface area (Å²) in [5.41, 5.74) is 2.80. The van der Waals surface area contributed by atoms with Crippen molar-refractivity contribution >= 4 is 23.4 Å². The molecule has 29 heavy (non-hydrogen) atoms. The first-order chi connectivity index (χ1) is 14.0. The smallest absolute Gasteiger partial charge is 0.234 e. The summed E-state index contributed by atoms with van der Waals surface area (Å²) < 4.78 is 12.7. The second-order valence-electron chi connectivity index (χ2n) is 6.32. The highest BCUT2D eigenvalue weighted by atomic mass is 32.2. The Balaban J connectivity index is 1.72. The van der Waals surface area contributed by atoms with E-state index in [-0.39, 0.29) is 11.7 Å². The van der Waals surface area contributed by atoms with E-state index in [1.54, 1.807) is 14.2 Å². The number of anilines is 1. The predicted molar refractivity (Wildman–Crippen MR) is 115 cm³/mol. The van der Waals surface area contributed by atoms with Crippen LogP contribution in [0.25, 0.3) is 11.4 Å². The van der Waals surface area contributed by atoms with Gasteiger partial charge in [0.15, 0.2) is 22.5 Å². The van der Waals surface area contributed by atoms with Gasteiger partial charge in [-0.15, -0.1) is 10.2 Å². The molecule has 2 aromatic carbocycles. The summed E-state index contributed by atoms with van der Waals surface area (Å²) in [7, 11) is 3.20.